The van der Waals surface area contributed by atoms with Crippen molar-refractivity contribution in [3.05, 3.63) is 76.5 Å². The predicted octanol–water partition coefficient (Wildman–Crippen LogP) is 5.29. The molecule has 0 fully saturated rings. The average Bonchev–Trinajstić information content (AvgIpc) is 2.68. The highest BCUT2D eigenvalue weighted by molar-refractivity contribution is 9.10. The molecule has 2 N–H and O–H groups in total. The van der Waals surface area contributed by atoms with Gasteiger partial charge in [0.05, 0.1) is 6.20 Å². The van der Waals surface area contributed by atoms with Crippen LogP contribution in [0.25, 0.3) is 0 Å². The van der Waals surface area contributed by atoms with E-state index in [1.807, 2.05) is 0 Å². The normalized spacial score (nSPS) is 11.0. The van der Waals surface area contributed by atoms with Crippen LogP contribution >= 0.6 is 15.9 Å². The zero-order valence-corrected chi connectivity index (χ0v) is 16.3. The summed E-state index contributed by atoms with van der Waals surface area (Å²) in [4.78, 5) is 19.2. The maximum atomic E-state index is 13.4. The van der Waals surface area contributed by atoms with Crippen LogP contribution in [0.1, 0.15) is 11.3 Å². The summed E-state index contributed by atoms with van der Waals surface area (Å²) in [5.41, 5.74) is -0.105. The Kier molecular flexibility index (Phi) is 6.32. The van der Waals surface area contributed by atoms with E-state index in [9.17, 15) is 18.0 Å². The lowest BCUT2D eigenvalue weighted by molar-refractivity contribution is -0.142. The number of nitrogens with one attached hydrogen (secondary N) is 2. The van der Waals surface area contributed by atoms with Crippen LogP contribution in [-0.2, 0) is 12.7 Å². The molecule has 1 aromatic heterocycles. The number of carbonyl (C=O) groups is 1. The Hall–Kier alpha value is -3.14. The molecule has 2 aromatic carbocycles. The summed E-state index contributed by atoms with van der Waals surface area (Å²) >= 11 is 3.27. The van der Waals surface area contributed by atoms with Crippen molar-refractivity contribution < 1.29 is 22.7 Å². The highest BCUT2D eigenvalue weighted by Gasteiger charge is 2.38. The molecule has 1 heterocycles. The quantitative estimate of drug-likeness (QED) is 0.534. The average molecular weight is 467 g/mol. The molecular weight excluding hydrogens is 453 g/mol. The van der Waals surface area contributed by atoms with Gasteiger partial charge in [-0.05, 0) is 23.8 Å². The van der Waals surface area contributed by atoms with Crippen LogP contribution in [0.3, 0.4) is 0 Å². The molecular formula is C19H14BrF3N4O2. The molecule has 0 aliphatic carbocycles. The van der Waals surface area contributed by atoms with Crippen molar-refractivity contribution in [2.75, 3.05) is 5.32 Å². The lowest BCUT2D eigenvalue weighted by atomic mass is 10.2. The standard InChI is InChI=1S/C19H14BrF3N4O2/c20-13-7-4-8-14(9-13)26-17-24-11-15(16(27-17)19(21,22)23)29-18(28)25-10-12-5-2-1-3-6-12/h1-9,11H,10H2,(H,25,28)(H,24,26,27). The van der Waals surface area contributed by atoms with Gasteiger partial charge in [-0.25, -0.2) is 14.8 Å². The molecule has 0 unspecified atom stereocenters. The molecule has 1 amide bonds. The van der Waals surface area contributed by atoms with Gasteiger partial charge in [0.15, 0.2) is 11.4 Å². The molecule has 0 spiro atoms. The first-order valence-electron chi connectivity index (χ1n) is 8.28. The van der Waals surface area contributed by atoms with Gasteiger partial charge in [0.1, 0.15) is 0 Å². The number of halogens is 4. The fraction of sp³-hybridized carbons (Fsp3) is 0.105. The van der Waals surface area contributed by atoms with Gasteiger partial charge in [-0.1, -0.05) is 52.3 Å². The number of carbonyl (C=O) groups excluding carboxylic acids is 1. The second-order valence-electron chi connectivity index (χ2n) is 5.77. The van der Waals surface area contributed by atoms with Crippen LogP contribution in [0.2, 0.25) is 0 Å². The number of aromatic nitrogens is 2. The Morgan fingerprint density at radius 2 is 1.86 bits per heavy atom. The maximum Gasteiger partial charge on any atom is 0.437 e. The van der Waals surface area contributed by atoms with Crippen molar-refractivity contribution in [3.8, 4) is 5.75 Å². The van der Waals surface area contributed by atoms with E-state index in [4.69, 9.17) is 4.74 Å². The van der Waals surface area contributed by atoms with E-state index in [0.29, 0.717) is 5.69 Å². The van der Waals surface area contributed by atoms with Gasteiger partial charge < -0.3 is 15.4 Å². The molecule has 0 saturated carbocycles. The second kappa shape index (κ2) is 8.91. The number of alkyl halides is 3. The molecule has 150 valence electrons. The third-order valence-corrected chi connectivity index (χ3v) is 4.08. The zero-order chi connectivity index (χ0) is 20.9. The van der Waals surface area contributed by atoms with E-state index in [-0.39, 0.29) is 12.5 Å². The summed E-state index contributed by atoms with van der Waals surface area (Å²) < 4.78 is 45.7. The summed E-state index contributed by atoms with van der Waals surface area (Å²) in [5.74, 6) is -1.07. The minimum atomic E-state index is -4.84. The van der Waals surface area contributed by atoms with E-state index in [1.165, 1.54) is 0 Å². The number of amides is 1. The molecule has 10 heteroatoms. The van der Waals surface area contributed by atoms with Crippen molar-refractivity contribution in [2.24, 2.45) is 0 Å². The Balaban J connectivity index is 1.74. The van der Waals surface area contributed by atoms with Crippen molar-refractivity contribution >= 4 is 33.7 Å². The number of rotatable bonds is 5. The molecule has 0 aliphatic heterocycles. The van der Waals surface area contributed by atoms with Crippen molar-refractivity contribution in [1.82, 2.24) is 15.3 Å². The second-order valence-corrected chi connectivity index (χ2v) is 6.68. The van der Waals surface area contributed by atoms with Crippen LogP contribution in [0.5, 0.6) is 5.75 Å². The predicted molar refractivity (Wildman–Crippen MR) is 104 cm³/mol. The van der Waals surface area contributed by atoms with Gasteiger partial charge in [0, 0.05) is 16.7 Å². The molecule has 0 radical (unpaired) electrons. The van der Waals surface area contributed by atoms with Crippen LogP contribution < -0.4 is 15.4 Å². The van der Waals surface area contributed by atoms with Gasteiger partial charge in [0.25, 0.3) is 0 Å². The molecule has 0 saturated heterocycles. The fourth-order valence-corrected chi connectivity index (χ4v) is 2.71. The Morgan fingerprint density at radius 3 is 2.55 bits per heavy atom. The number of nitrogens with zero attached hydrogens (tertiary/aromatic N) is 2. The first kappa shape index (κ1) is 20.6. The summed E-state index contributed by atoms with van der Waals surface area (Å²) in [6, 6.07) is 15.6. The monoisotopic (exact) mass is 466 g/mol. The molecule has 29 heavy (non-hydrogen) atoms. The number of benzene rings is 2. The van der Waals surface area contributed by atoms with Crippen LogP contribution in [0.4, 0.5) is 29.6 Å². The summed E-state index contributed by atoms with van der Waals surface area (Å²) in [6.07, 6.45) is -5.08. The number of hydrogen-bond acceptors (Lipinski definition) is 5. The highest BCUT2D eigenvalue weighted by Crippen LogP contribution is 2.35. The molecule has 3 rings (SSSR count). The molecule has 3 aromatic rings. The largest absolute Gasteiger partial charge is 0.437 e. The third kappa shape index (κ3) is 5.92. The maximum absolute atomic E-state index is 13.4. The zero-order valence-electron chi connectivity index (χ0n) is 14.7. The van der Waals surface area contributed by atoms with E-state index in [1.54, 1.807) is 54.6 Å². The van der Waals surface area contributed by atoms with Crippen LogP contribution in [0, 0.1) is 0 Å². The third-order valence-electron chi connectivity index (χ3n) is 3.59. The SMILES string of the molecule is O=C(NCc1ccccc1)Oc1cnc(Nc2cccc(Br)c2)nc1C(F)(F)F. The summed E-state index contributed by atoms with van der Waals surface area (Å²) in [6.45, 7) is 0.102. The molecule has 0 bridgehead atoms. The molecule has 0 aliphatic rings. The van der Waals surface area contributed by atoms with Gasteiger partial charge in [-0.2, -0.15) is 13.2 Å². The fourth-order valence-electron chi connectivity index (χ4n) is 2.31. The van der Waals surface area contributed by atoms with E-state index in [2.05, 4.69) is 36.5 Å². The number of hydrogen-bond donors (Lipinski definition) is 2. The molecule has 0 atom stereocenters. The minimum Gasteiger partial charge on any atom is -0.406 e. The Morgan fingerprint density at radius 1 is 1.10 bits per heavy atom. The van der Waals surface area contributed by atoms with Crippen LogP contribution in [-0.4, -0.2) is 16.1 Å². The smallest absolute Gasteiger partial charge is 0.406 e. The summed E-state index contributed by atoms with van der Waals surface area (Å²) in [7, 11) is 0. The van der Waals surface area contributed by atoms with Gasteiger partial charge in [-0.15, -0.1) is 0 Å². The number of anilines is 2. The first-order valence-corrected chi connectivity index (χ1v) is 9.07. The molecule has 6 nitrogen and oxygen atoms in total. The summed E-state index contributed by atoms with van der Waals surface area (Å²) in [5, 5.41) is 5.06. The Bertz CT molecular complexity index is 1000. The van der Waals surface area contributed by atoms with Gasteiger partial charge in [0.2, 0.25) is 5.95 Å². The highest BCUT2D eigenvalue weighted by atomic mass is 79.9. The van der Waals surface area contributed by atoms with Gasteiger partial charge in [-0.3, -0.25) is 0 Å². The first-order chi connectivity index (χ1) is 13.8. The van der Waals surface area contributed by atoms with Crippen molar-refractivity contribution in [2.45, 2.75) is 12.7 Å². The van der Waals surface area contributed by atoms with Crippen LogP contribution in [0.15, 0.2) is 65.3 Å². The lowest BCUT2D eigenvalue weighted by Gasteiger charge is -2.14. The van der Waals surface area contributed by atoms with Crippen molar-refractivity contribution in [1.29, 1.82) is 0 Å². The van der Waals surface area contributed by atoms with E-state index >= 15 is 0 Å². The van der Waals surface area contributed by atoms with E-state index in [0.717, 1.165) is 16.2 Å². The lowest BCUT2D eigenvalue weighted by Crippen LogP contribution is -2.27. The minimum absolute atomic E-state index is 0.102. The van der Waals surface area contributed by atoms with E-state index < -0.39 is 23.7 Å². The Labute approximate surface area is 172 Å². The topological polar surface area (TPSA) is 76.1 Å². The number of ether oxygens (including phenoxy) is 1. The van der Waals surface area contributed by atoms with Gasteiger partial charge >= 0.3 is 12.3 Å². The van der Waals surface area contributed by atoms with Crippen molar-refractivity contribution in [3.63, 3.8) is 0 Å².